The number of nitrogens with one attached hydrogen (secondary N) is 1. The Labute approximate surface area is 168 Å². The summed E-state index contributed by atoms with van der Waals surface area (Å²) in [5.41, 5.74) is 2.96. The predicted octanol–water partition coefficient (Wildman–Crippen LogP) is 5.11. The van der Waals surface area contributed by atoms with Gasteiger partial charge in [0.1, 0.15) is 12.0 Å². The second kappa shape index (κ2) is 10.0. The lowest BCUT2D eigenvalue weighted by Gasteiger charge is -2.16. The number of rotatable bonds is 9. The zero-order valence-electron chi connectivity index (χ0n) is 15.3. The number of aliphatic imine (C=N–C) groups is 1. The Balaban J connectivity index is 2.26. The monoisotopic (exact) mass is 404 g/mol. The molecule has 0 aliphatic carbocycles. The smallest absolute Gasteiger partial charge is 0.152 e. The van der Waals surface area contributed by atoms with E-state index in [2.05, 4.69) is 22.9 Å². The largest absolute Gasteiger partial charge is 0.495 e. The highest BCUT2D eigenvalue weighted by molar-refractivity contribution is 7.97. The first-order chi connectivity index (χ1) is 13.0. The minimum atomic E-state index is 0.358. The summed E-state index contributed by atoms with van der Waals surface area (Å²) in [4.78, 5) is 16.0. The molecule has 0 amide bonds. The van der Waals surface area contributed by atoms with Gasteiger partial charge in [0, 0.05) is 18.0 Å². The van der Waals surface area contributed by atoms with Crippen molar-refractivity contribution in [2.24, 2.45) is 4.99 Å². The maximum absolute atomic E-state index is 11.1. The number of carbonyl (C=O) groups is 1. The Morgan fingerprint density at radius 3 is 2.74 bits per heavy atom. The van der Waals surface area contributed by atoms with Crippen LogP contribution >= 0.6 is 23.5 Å². The average Bonchev–Trinajstić information content (AvgIpc) is 2.70. The van der Waals surface area contributed by atoms with Gasteiger partial charge in [0.25, 0.3) is 0 Å². The molecule has 0 saturated heterocycles. The molecule has 0 spiro atoms. The molecule has 0 bridgehead atoms. The van der Waals surface area contributed by atoms with E-state index >= 15 is 0 Å². The minimum absolute atomic E-state index is 0.358. The number of methoxy groups -OCH3 is 2. The van der Waals surface area contributed by atoms with Crippen LogP contribution in [-0.4, -0.2) is 26.7 Å². The van der Waals surface area contributed by atoms with Gasteiger partial charge in [-0.3, -0.25) is 9.79 Å². The summed E-state index contributed by atoms with van der Waals surface area (Å²) in [6.07, 6.45) is 8.03. The number of carbonyl (C=O) groups excluding carboxylic acids is 1. The second-order valence-electron chi connectivity index (χ2n) is 5.59. The quantitative estimate of drug-likeness (QED) is 0.268. The molecule has 0 atom stereocenters. The van der Waals surface area contributed by atoms with E-state index in [0.29, 0.717) is 32.7 Å². The van der Waals surface area contributed by atoms with Crippen molar-refractivity contribution < 1.29 is 14.3 Å². The molecule has 142 valence electrons. The van der Waals surface area contributed by atoms with Crippen molar-refractivity contribution in [3.63, 3.8) is 0 Å². The average molecular weight is 405 g/mol. The molecule has 1 heterocycles. The Morgan fingerprint density at radius 2 is 2.15 bits per heavy atom. The van der Waals surface area contributed by atoms with Crippen molar-refractivity contribution in [2.45, 2.75) is 17.7 Å². The third-order valence-corrected chi connectivity index (χ3v) is 4.93. The topological polar surface area (TPSA) is 59.9 Å². The van der Waals surface area contributed by atoms with E-state index in [1.54, 1.807) is 25.4 Å². The van der Waals surface area contributed by atoms with Gasteiger partial charge in [-0.25, -0.2) is 0 Å². The van der Waals surface area contributed by atoms with Gasteiger partial charge in [-0.2, -0.15) is 0 Å². The number of benzene rings is 1. The van der Waals surface area contributed by atoms with Crippen molar-refractivity contribution in [3.05, 3.63) is 70.8 Å². The van der Waals surface area contributed by atoms with Crippen LogP contribution < -0.4 is 9.46 Å². The van der Waals surface area contributed by atoms with Gasteiger partial charge in [-0.15, -0.1) is 0 Å². The highest BCUT2D eigenvalue weighted by Gasteiger charge is 2.14. The van der Waals surface area contributed by atoms with Crippen LogP contribution in [0.15, 0.2) is 70.1 Å². The number of nitrogens with zero attached hydrogens (tertiary/aromatic N) is 1. The molecule has 1 aliphatic rings. The summed E-state index contributed by atoms with van der Waals surface area (Å²) in [5.74, 6) is 0.922. The van der Waals surface area contributed by atoms with Gasteiger partial charge < -0.3 is 14.2 Å². The number of aldehydes is 1. The van der Waals surface area contributed by atoms with Crippen LogP contribution in [0.1, 0.15) is 23.2 Å². The van der Waals surface area contributed by atoms with E-state index in [4.69, 9.17) is 21.1 Å². The maximum atomic E-state index is 11.1. The minimum Gasteiger partial charge on any atom is -0.495 e. The molecule has 1 aromatic rings. The molecular weight excluding hydrogens is 384 g/mol. The fourth-order valence-corrected chi connectivity index (χ4v) is 3.56. The molecule has 0 radical (unpaired) electrons. The van der Waals surface area contributed by atoms with Crippen molar-refractivity contribution in [2.75, 3.05) is 14.2 Å². The zero-order valence-corrected chi connectivity index (χ0v) is 16.8. The van der Waals surface area contributed by atoms with Gasteiger partial charge in [0.05, 0.1) is 29.8 Å². The molecule has 1 N–H and O–H groups in total. The van der Waals surface area contributed by atoms with Crippen LogP contribution in [0.2, 0.25) is 5.02 Å². The maximum Gasteiger partial charge on any atom is 0.152 e. The van der Waals surface area contributed by atoms with Crippen LogP contribution in [0.3, 0.4) is 0 Å². The number of allylic oxidation sites excluding steroid dienone is 3. The van der Waals surface area contributed by atoms with Crippen molar-refractivity contribution in [1.29, 1.82) is 0 Å². The molecule has 0 fully saturated rings. The van der Waals surface area contributed by atoms with Gasteiger partial charge in [-0.1, -0.05) is 24.8 Å². The summed E-state index contributed by atoms with van der Waals surface area (Å²) >= 11 is 7.43. The Bertz CT molecular complexity index is 844. The van der Waals surface area contributed by atoms with Gasteiger partial charge in [0.15, 0.2) is 5.75 Å². The van der Waals surface area contributed by atoms with Crippen molar-refractivity contribution in [3.8, 4) is 5.75 Å². The van der Waals surface area contributed by atoms with Crippen LogP contribution in [0.25, 0.3) is 0 Å². The molecule has 1 aliphatic heterocycles. The second-order valence-corrected chi connectivity index (χ2v) is 6.85. The standard InChI is InChI=1S/C20H21ClN2O3S/c1-13(16-6-5-7-22-11-16)8-18(14(2)25-3)23-27-19-10-15(12-24)9-17(21)20(19)26-4/h7-12,23H,1-2,5-6H2,3-4H3/b18-8+. The summed E-state index contributed by atoms with van der Waals surface area (Å²) in [7, 11) is 3.06. The van der Waals surface area contributed by atoms with E-state index < -0.39 is 0 Å². The highest BCUT2D eigenvalue weighted by Crippen LogP contribution is 2.36. The first-order valence-corrected chi connectivity index (χ1v) is 9.30. The van der Waals surface area contributed by atoms with Gasteiger partial charge in [0.2, 0.25) is 0 Å². The Kier molecular flexibility index (Phi) is 7.76. The van der Waals surface area contributed by atoms with E-state index in [9.17, 15) is 4.79 Å². The number of hydrogen-bond acceptors (Lipinski definition) is 6. The van der Waals surface area contributed by atoms with Gasteiger partial charge in [-0.05, 0) is 54.1 Å². The fraction of sp³-hybridized carbons (Fsp3) is 0.200. The first kappa shape index (κ1) is 20.9. The number of ether oxygens (including phenoxy) is 2. The summed E-state index contributed by atoms with van der Waals surface area (Å²) in [5, 5.41) is 0.358. The summed E-state index contributed by atoms with van der Waals surface area (Å²) in [6, 6.07) is 3.25. The molecule has 0 aromatic heterocycles. The first-order valence-electron chi connectivity index (χ1n) is 8.10. The SMILES string of the molecule is C=C(/C=C(/NSc1cc(C=O)cc(Cl)c1OC)C(=C)OC)C1=CN=CCC1. The van der Waals surface area contributed by atoms with E-state index in [0.717, 1.165) is 30.3 Å². The molecular formula is C20H21ClN2O3S. The number of hydrogen-bond donors (Lipinski definition) is 1. The number of halogens is 1. The summed E-state index contributed by atoms with van der Waals surface area (Å²) in [6.45, 7) is 8.02. The highest BCUT2D eigenvalue weighted by atomic mass is 35.5. The van der Waals surface area contributed by atoms with Crippen LogP contribution in [0.5, 0.6) is 5.75 Å². The Morgan fingerprint density at radius 1 is 1.37 bits per heavy atom. The lowest BCUT2D eigenvalue weighted by Crippen LogP contribution is -2.09. The lowest BCUT2D eigenvalue weighted by atomic mass is 10.0. The molecule has 0 saturated carbocycles. The molecule has 0 unspecified atom stereocenters. The predicted molar refractivity (Wildman–Crippen MR) is 112 cm³/mol. The Hall–Kier alpha value is -2.44. The summed E-state index contributed by atoms with van der Waals surface area (Å²) < 4.78 is 13.8. The van der Waals surface area contributed by atoms with Crippen LogP contribution in [0, 0.1) is 0 Å². The van der Waals surface area contributed by atoms with E-state index in [1.165, 1.54) is 19.1 Å². The fourth-order valence-electron chi connectivity index (χ4n) is 2.33. The lowest BCUT2D eigenvalue weighted by molar-refractivity contribution is 0.112. The normalized spacial score (nSPS) is 13.6. The molecule has 1 aromatic carbocycles. The molecule has 27 heavy (non-hydrogen) atoms. The van der Waals surface area contributed by atoms with E-state index in [1.807, 2.05) is 12.3 Å². The van der Waals surface area contributed by atoms with Crippen LogP contribution in [-0.2, 0) is 4.74 Å². The van der Waals surface area contributed by atoms with Crippen molar-refractivity contribution in [1.82, 2.24) is 4.72 Å². The molecule has 2 rings (SSSR count). The van der Waals surface area contributed by atoms with Crippen LogP contribution in [0.4, 0.5) is 0 Å². The molecule has 5 nitrogen and oxygen atoms in total. The van der Waals surface area contributed by atoms with E-state index in [-0.39, 0.29) is 0 Å². The molecule has 7 heteroatoms. The van der Waals surface area contributed by atoms with Crippen molar-refractivity contribution >= 4 is 36.0 Å². The third kappa shape index (κ3) is 5.52. The zero-order chi connectivity index (χ0) is 19.8. The third-order valence-electron chi connectivity index (χ3n) is 3.80. The van der Waals surface area contributed by atoms with Gasteiger partial charge >= 0.3 is 0 Å².